The van der Waals surface area contributed by atoms with Gasteiger partial charge in [-0.2, -0.15) is 0 Å². The van der Waals surface area contributed by atoms with Crippen molar-refractivity contribution in [1.82, 2.24) is 0 Å². The van der Waals surface area contributed by atoms with Gasteiger partial charge in [-0.3, -0.25) is 4.79 Å². The standard InChI is InChI=1S/C16H16ClNO3/c1-3-16(19)18-12-10-11(17)8-9-13(12)21-15-7-5-4-6-14(15)20-2/h4-10H,3H2,1-2H3,(H,18,19). The van der Waals surface area contributed by atoms with Crippen LogP contribution in [0, 0.1) is 0 Å². The molecule has 0 spiro atoms. The second kappa shape index (κ2) is 6.99. The minimum Gasteiger partial charge on any atom is -0.493 e. The summed E-state index contributed by atoms with van der Waals surface area (Å²) in [5.41, 5.74) is 0.528. The van der Waals surface area contributed by atoms with Crippen LogP contribution in [0.3, 0.4) is 0 Å². The van der Waals surface area contributed by atoms with Crippen LogP contribution in [0.1, 0.15) is 13.3 Å². The van der Waals surface area contributed by atoms with E-state index in [1.54, 1.807) is 44.4 Å². The van der Waals surface area contributed by atoms with Gasteiger partial charge in [-0.1, -0.05) is 30.7 Å². The first-order chi connectivity index (χ1) is 10.1. The van der Waals surface area contributed by atoms with Crippen molar-refractivity contribution in [2.75, 3.05) is 12.4 Å². The van der Waals surface area contributed by atoms with E-state index in [9.17, 15) is 4.79 Å². The Morgan fingerprint density at radius 2 is 1.86 bits per heavy atom. The highest BCUT2D eigenvalue weighted by atomic mass is 35.5. The lowest BCUT2D eigenvalue weighted by molar-refractivity contribution is -0.115. The lowest BCUT2D eigenvalue weighted by atomic mass is 10.2. The molecule has 0 aliphatic heterocycles. The van der Waals surface area contributed by atoms with E-state index in [0.717, 1.165) is 0 Å². The number of benzene rings is 2. The highest BCUT2D eigenvalue weighted by Gasteiger charge is 2.11. The van der Waals surface area contributed by atoms with Gasteiger partial charge in [0.15, 0.2) is 17.2 Å². The van der Waals surface area contributed by atoms with E-state index >= 15 is 0 Å². The van der Waals surface area contributed by atoms with Gasteiger partial charge in [0, 0.05) is 11.4 Å². The molecule has 0 aromatic heterocycles. The fourth-order valence-corrected chi connectivity index (χ4v) is 1.92. The number of halogens is 1. The lowest BCUT2D eigenvalue weighted by Gasteiger charge is -2.14. The molecule has 0 unspecified atom stereocenters. The summed E-state index contributed by atoms with van der Waals surface area (Å²) in [6.07, 6.45) is 0.376. The molecule has 110 valence electrons. The maximum Gasteiger partial charge on any atom is 0.224 e. The highest BCUT2D eigenvalue weighted by molar-refractivity contribution is 6.31. The van der Waals surface area contributed by atoms with E-state index in [4.69, 9.17) is 21.1 Å². The number of anilines is 1. The molecule has 4 nitrogen and oxygen atoms in total. The van der Waals surface area contributed by atoms with Gasteiger partial charge in [0.2, 0.25) is 5.91 Å². The largest absolute Gasteiger partial charge is 0.493 e. The molecule has 0 saturated carbocycles. The minimum absolute atomic E-state index is 0.109. The molecule has 0 radical (unpaired) electrons. The van der Waals surface area contributed by atoms with Crippen LogP contribution in [-0.4, -0.2) is 13.0 Å². The van der Waals surface area contributed by atoms with Crippen LogP contribution in [0.5, 0.6) is 17.2 Å². The SMILES string of the molecule is CCC(=O)Nc1cc(Cl)ccc1Oc1ccccc1OC. The number of nitrogens with one attached hydrogen (secondary N) is 1. The molecule has 5 heteroatoms. The maximum atomic E-state index is 11.6. The average Bonchev–Trinajstić information content (AvgIpc) is 2.50. The molecule has 0 heterocycles. The molecule has 0 fully saturated rings. The molecule has 2 rings (SSSR count). The lowest BCUT2D eigenvalue weighted by Crippen LogP contribution is -2.10. The summed E-state index contributed by atoms with van der Waals surface area (Å²) in [6, 6.07) is 12.4. The van der Waals surface area contributed by atoms with Crippen molar-refractivity contribution in [1.29, 1.82) is 0 Å². The molecule has 2 aromatic rings. The summed E-state index contributed by atoms with van der Waals surface area (Å²) in [4.78, 5) is 11.6. The Morgan fingerprint density at radius 3 is 2.52 bits per heavy atom. The number of hydrogen-bond acceptors (Lipinski definition) is 3. The number of para-hydroxylation sites is 2. The summed E-state index contributed by atoms with van der Waals surface area (Å²) in [7, 11) is 1.57. The van der Waals surface area contributed by atoms with Crippen LogP contribution in [-0.2, 0) is 4.79 Å². The summed E-state index contributed by atoms with van der Waals surface area (Å²) in [6.45, 7) is 1.78. The Labute approximate surface area is 128 Å². The van der Waals surface area contributed by atoms with Crippen LogP contribution < -0.4 is 14.8 Å². The van der Waals surface area contributed by atoms with Crippen LogP contribution in [0.2, 0.25) is 5.02 Å². The van der Waals surface area contributed by atoms with Gasteiger partial charge in [0.05, 0.1) is 12.8 Å². The first kappa shape index (κ1) is 15.2. The molecule has 21 heavy (non-hydrogen) atoms. The maximum absolute atomic E-state index is 11.6. The van der Waals surface area contributed by atoms with E-state index < -0.39 is 0 Å². The topological polar surface area (TPSA) is 47.6 Å². The number of amides is 1. The average molecular weight is 306 g/mol. The van der Waals surface area contributed by atoms with Crippen molar-refractivity contribution in [2.24, 2.45) is 0 Å². The van der Waals surface area contributed by atoms with Crippen molar-refractivity contribution in [3.05, 3.63) is 47.5 Å². The highest BCUT2D eigenvalue weighted by Crippen LogP contribution is 2.36. The summed E-state index contributed by atoms with van der Waals surface area (Å²) < 4.78 is 11.1. The molecule has 0 saturated heterocycles. The number of carbonyl (C=O) groups is 1. The molecule has 2 aromatic carbocycles. The van der Waals surface area contributed by atoms with Gasteiger partial charge in [0.1, 0.15) is 0 Å². The first-order valence-corrected chi connectivity index (χ1v) is 6.92. The Kier molecular flexibility index (Phi) is 5.06. The van der Waals surface area contributed by atoms with Crippen molar-refractivity contribution in [3.63, 3.8) is 0 Å². The van der Waals surface area contributed by atoms with E-state index in [1.807, 2.05) is 12.1 Å². The van der Waals surface area contributed by atoms with Gasteiger partial charge < -0.3 is 14.8 Å². The van der Waals surface area contributed by atoms with Gasteiger partial charge in [-0.05, 0) is 30.3 Å². The third kappa shape index (κ3) is 3.89. The van der Waals surface area contributed by atoms with Crippen LogP contribution in [0.15, 0.2) is 42.5 Å². The Morgan fingerprint density at radius 1 is 1.14 bits per heavy atom. The zero-order valence-corrected chi connectivity index (χ0v) is 12.6. The van der Waals surface area contributed by atoms with Gasteiger partial charge in [0.25, 0.3) is 0 Å². The molecule has 0 bridgehead atoms. The van der Waals surface area contributed by atoms with E-state index in [-0.39, 0.29) is 5.91 Å². The quantitative estimate of drug-likeness (QED) is 0.885. The molecular weight excluding hydrogens is 290 g/mol. The number of hydrogen-bond donors (Lipinski definition) is 1. The van der Waals surface area contributed by atoms with Crippen LogP contribution in [0.25, 0.3) is 0 Å². The third-order valence-electron chi connectivity index (χ3n) is 2.83. The molecule has 1 N–H and O–H groups in total. The fourth-order valence-electron chi connectivity index (χ4n) is 1.75. The van der Waals surface area contributed by atoms with Gasteiger partial charge in [-0.15, -0.1) is 0 Å². The Balaban J connectivity index is 2.32. The molecule has 0 aliphatic rings. The van der Waals surface area contributed by atoms with Gasteiger partial charge >= 0.3 is 0 Å². The van der Waals surface area contributed by atoms with E-state index in [0.29, 0.717) is 34.4 Å². The number of rotatable bonds is 5. The Hall–Kier alpha value is -2.20. The zero-order valence-electron chi connectivity index (χ0n) is 11.9. The molecular formula is C16H16ClNO3. The number of methoxy groups -OCH3 is 1. The second-order valence-electron chi connectivity index (χ2n) is 4.30. The first-order valence-electron chi connectivity index (χ1n) is 6.54. The van der Waals surface area contributed by atoms with Crippen LogP contribution in [0.4, 0.5) is 5.69 Å². The third-order valence-corrected chi connectivity index (χ3v) is 3.06. The van der Waals surface area contributed by atoms with Crippen molar-refractivity contribution < 1.29 is 14.3 Å². The summed E-state index contributed by atoms with van der Waals surface area (Å²) in [5.74, 6) is 1.57. The molecule has 0 atom stereocenters. The fraction of sp³-hybridized carbons (Fsp3) is 0.188. The van der Waals surface area contributed by atoms with Gasteiger partial charge in [-0.25, -0.2) is 0 Å². The van der Waals surface area contributed by atoms with E-state index in [1.165, 1.54) is 0 Å². The predicted molar refractivity (Wildman–Crippen MR) is 83.4 cm³/mol. The van der Waals surface area contributed by atoms with Crippen molar-refractivity contribution in [2.45, 2.75) is 13.3 Å². The number of carbonyl (C=O) groups excluding carboxylic acids is 1. The van der Waals surface area contributed by atoms with Crippen LogP contribution >= 0.6 is 11.6 Å². The monoisotopic (exact) mass is 305 g/mol. The molecule has 1 amide bonds. The summed E-state index contributed by atoms with van der Waals surface area (Å²) >= 11 is 5.97. The number of ether oxygens (including phenoxy) is 2. The second-order valence-corrected chi connectivity index (χ2v) is 4.73. The zero-order chi connectivity index (χ0) is 15.2. The molecule has 0 aliphatic carbocycles. The van der Waals surface area contributed by atoms with Crippen molar-refractivity contribution >= 4 is 23.2 Å². The van der Waals surface area contributed by atoms with E-state index in [2.05, 4.69) is 5.32 Å². The predicted octanol–water partition coefficient (Wildman–Crippen LogP) is 4.49. The Bertz CT molecular complexity index is 643. The summed E-state index contributed by atoms with van der Waals surface area (Å²) in [5, 5.41) is 3.29. The smallest absolute Gasteiger partial charge is 0.224 e. The van der Waals surface area contributed by atoms with Crippen molar-refractivity contribution in [3.8, 4) is 17.2 Å². The normalized spacial score (nSPS) is 10.0. The minimum atomic E-state index is -0.109.